The van der Waals surface area contributed by atoms with Gasteiger partial charge in [0.05, 0.1) is 28.6 Å². The Balaban J connectivity index is 1.09. The van der Waals surface area contributed by atoms with E-state index in [9.17, 15) is 15.2 Å². The first-order valence-electron chi connectivity index (χ1n) is 16.7. The zero-order valence-electron chi connectivity index (χ0n) is 27.5. The normalized spacial score (nSPS) is 16.8. The van der Waals surface area contributed by atoms with Crippen LogP contribution in [0.3, 0.4) is 0 Å². The molecule has 246 valence electrons. The van der Waals surface area contributed by atoms with Crippen molar-refractivity contribution in [2.75, 3.05) is 31.5 Å². The molecule has 1 amide bonds. The highest BCUT2D eigenvalue weighted by molar-refractivity contribution is 6.04. The zero-order valence-corrected chi connectivity index (χ0v) is 27.5. The van der Waals surface area contributed by atoms with Gasteiger partial charge in [0.2, 0.25) is 0 Å². The molecular formula is C39H38N8O2. The third-order valence-corrected chi connectivity index (χ3v) is 9.36. The summed E-state index contributed by atoms with van der Waals surface area (Å²) < 4.78 is 0. The Labute approximate surface area is 285 Å². The number of hydrogen-bond acceptors (Lipinski definition) is 9. The van der Waals surface area contributed by atoms with Gasteiger partial charge >= 0.3 is 0 Å². The first kappa shape index (κ1) is 32.2. The Morgan fingerprint density at radius 1 is 0.918 bits per heavy atom. The van der Waals surface area contributed by atoms with E-state index in [1.54, 1.807) is 24.7 Å². The van der Waals surface area contributed by atoms with Crippen molar-refractivity contribution in [1.82, 2.24) is 29.7 Å². The minimum absolute atomic E-state index is 0.278. The van der Waals surface area contributed by atoms with Crippen molar-refractivity contribution >= 4 is 34.6 Å². The lowest BCUT2D eigenvalue weighted by molar-refractivity contribution is 0.102. The number of fused-ring (bicyclic) bond motifs is 1. The molecule has 7 rings (SSSR count). The van der Waals surface area contributed by atoms with Crippen LogP contribution in [0.5, 0.6) is 0 Å². The fraction of sp³-hybridized carbons (Fsp3) is 0.282. The second kappa shape index (κ2) is 14.4. The predicted molar refractivity (Wildman–Crippen MR) is 190 cm³/mol. The molecule has 0 unspecified atom stereocenters. The number of β-amino-alcohol motifs (C(OH)–C–C–N with tert-alkyl or cyclic N) is 1. The fourth-order valence-electron chi connectivity index (χ4n) is 6.75. The summed E-state index contributed by atoms with van der Waals surface area (Å²) in [5, 5.41) is 24.1. The summed E-state index contributed by atoms with van der Waals surface area (Å²) in [6.45, 7) is 7.28. The predicted octanol–water partition coefficient (Wildman–Crippen LogP) is 5.85. The Morgan fingerprint density at radius 2 is 1.69 bits per heavy atom. The highest BCUT2D eigenvalue weighted by atomic mass is 16.3. The minimum atomic E-state index is -0.318. The van der Waals surface area contributed by atoms with Crippen molar-refractivity contribution in [3.05, 3.63) is 113 Å². The van der Waals surface area contributed by atoms with Gasteiger partial charge in [-0.15, -0.1) is 0 Å². The number of aromatic nitrogens is 4. The van der Waals surface area contributed by atoms with Gasteiger partial charge in [-0.2, -0.15) is 5.26 Å². The van der Waals surface area contributed by atoms with Crippen molar-refractivity contribution in [2.24, 2.45) is 0 Å². The number of aliphatic hydroxyl groups is 1. The van der Waals surface area contributed by atoms with Crippen LogP contribution in [0.2, 0.25) is 0 Å². The number of carbonyl (C=O) groups excluding carboxylic acids is 1. The highest BCUT2D eigenvalue weighted by Gasteiger charge is 2.21. The van der Waals surface area contributed by atoms with E-state index in [2.05, 4.69) is 42.2 Å². The number of amides is 1. The average molecular weight is 651 g/mol. The van der Waals surface area contributed by atoms with E-state index in [1.165, 1.54) is 18.4 Å². The molecule has 0 radical (unpaired) electrons. The number of pyridine rings is 4. The minimum Gasteiger partial charge on any atom is -0.392 e. The van der Waals surface area contributed by atoms with Crippen LogP contribution < -0.4 is 5.32 Å². The summed E-state index contributed by atoms with van der Waals surface area (Å²) in [5.41, 5.74) is 7.93. The van der Waals surface area contributed by atoms with Crippen LogP contribution in [0.15, 0.2) is 73.3 Å². The Morgan fingerprint density at radius 3 is 2.47 bits per heavy atom. The number of carbonyl (C=O) groups is 1. The van der Waals surface area contributed by atoms with Gasteiger partial charge in [0.1, 0.15) is 11.8 Å². The topological polar surface area (TPSA) is 131 Å². The van der Waals surface area contributed by atoms with Crippen LogP contribution in [0, 0.1) is 18.3 Å². The van der Waals surface area contributed by atoms with E-state index in [1.807, 2.05) is 61.7 Å². The molecule has 2 aliphatic rings. The van der Waals surface area contributed by atoms with E-state index in [-0.39, 0.29) is 12.0 Å². The van der Waals surface area contributed by atoms with E-state index in [0.717, 1.165) is 65.8 Å². The van der Waals surface area contributed by atoms with E-state index in [0.29, 0.717) is 41.4 Å². The molecule has 2 fully saturated rings. The van der Waals surface area contributed by atoms with E-state index >= 15 is 0 Å². The summed E-state index contributed by atoms with van der Waals surface area (Å²) in [4.78, 5) is 36.1. The molecule has 5 aromatic rings. The van der Waals surface area contributed by atoms with Gasteiger partial charge in [-0.05, 0) is 104 Å². The second-order valence-corrected chi connectivity index (χ2v) is 12.8. The molecule has 6 heterocycles. The van der Waals surface area contributed by atoms with Crippen LogP contribution in [0.25, 0.3) is 34.2 Å². The van der Waals surface area contributed by atoms with Gasteiger partial charge in [-0.25, -0.2) is 0 Å². The summed E-state index contributed by atoms with van der Waals surface area (Å²) in [7, 11) is 0. The molecule has 2 aliphatic heterocycles. The number of rotatable bonds is 9. The van der Waals surface area contributed by atoms with Crippen molar-refractivity contribution in [3.63, 3.8) is 0 Å². The first-order valence-corrected chi connectivity index (χ1v) is 16.7. The fourth-order valence-corrected chi connectivity index (χ4v) is 6.75. The summed E-state index contributed by atoms with van der Waals surface area (Å²) in [6, 6.07) is 17.6. The SMILES string of the molecule is Cc1c(NC(=O)c2ccc(CN3CC[C@@H](O)C3)cn2)cccc1-c1ccnc(/C=C/c2nccc3cc(CN4CCCC4)cnc23)c1C#N. The third-order valence-electron chi connectivity index (χ3n) is 9.36. The van der Waals surface area contributed by atoms with Crippen LogP contribution in [0.1, 0.15) is 63.4 Å². The van der Waals surface area contributed by atoms with E-state index in [4.69, 9.17) is 4.98 Å². The lowest BCUT2D eigenvalue weighted by Gasteiger charge is -2.15. The Kier molecular flexibility index (Phi) is 9.48. The number of anilines is 1. The molecule has 0 spiro atoms. The molecular weight excluding hydrogens is 612 g/mol. The Hall–Kier alpha value is -5.34. The number of benzene rings is 1. The monoisotopic (exact) mass is 650 g/mol. The van der Waals surface area contributed by atoms with Crippen LogP contribution in [-0.2, 0) is 13.1 Å². The zero-order chi connectivity index (χ0) is 33.7. The molecule has 1 aromatic carbocycles. The molecule has 1 atom stereocenters. The van der Waals surface area contributed by atoms with Crippen LogP contribution >= 0.6 is 0 Å². The smallest absolute Gasteiger partial charge is 0.274 e. The summed E-state index contributed by atoms with van der Waals surface area (Å²) in [5.74, 6) is -0.318. The third kappa shape index (κ3) is 7.25. The van der Waals surface area contributed by atoms with Gasteiger partial charge in [0.15, 0.2) is 0 Å². The first-order chi connectivity index (χ1) is 23.9. The lowest BCUT2D eigenvalue weighted by Crippen LogP contribution is -2.21. The van der Waals surface area contributed by atoms with Gasteiger partial charge in [0.25, 0.3) is 5.91 Å². The number of hydrogen-bond donors (Lipinski definition) is 2. The largest absolute Gasteiger partial charge is 0.392 e. The molecule has 0 bridgehead atoms. The molecule has 0 aliphatic carbocycles. The van der Waals surface area contributed by atoms with Gasteiger partial charge in [0, 0.05) is 67.6 Å². The number of nitriles is 1. The van der Waals surface area contributed by atoms with Crippen molar-refractivity contribution in [2.45, 2.75) is 45.4 Å². The van der Waals surface area contributed by atoms with Gasteiger partial charge in [-0.3, -0.25) is 34.5 Å². The van der Waals surface area contributed by atoms with Crippen molar-refractivity contribution in [3.8, 4) is 17.2 Å². The number of aliphatic hydroxyl groups excluding tert-OH is 1. The second-order valence-electron chi connectivity index (χ2n) is 12.8. The molecule has 10 heteroatoms. The quantitative estimate of drug-likeness (QED) is 0.202. The average Bonchev–Trinajstić information content (AvgIpc) is 3.79. The maximum Gasteiger partial charge on any atom is 0.274 e. The molecule has 2 N–H and O–H groups in total. The Bertz CT molecular complexity index is 2060. The number of nitrogens with one attached hydrogen (secondary N) is 1. The lowest BCUT2D eigenvalue weighted by atomic mass is 9.95. The summed E-state index contributed by atoms with van der Waals surface area (Å²) >= 11 is 0. The molecule has 4 aromatic heterocycles. The van der Waals surface area contributed by atoms with Gasteiger partial charge < -0.3 is 10.4 Å². The summed E-state index contributed by atoms with van der Waals surface area (Å²) in [6.07, 6.45) is 13.8. The standard InChI is InChI=1S/C39H38N8O2/c1-26-31(5-4-6-34(26)45-39(49)37-8-7-27(21-43-37)23-47-18-13-30(48)25-47)32-12-15-41-35(33(32)20-40)9-10-36-38-29(11-14-42-36)19-28(22-44-38)24-46-16-2-3-17-46/h4-12,14-15,19,21-22,30,48H,2-3,13,16-18,23-25H2,1H3,(H,45,49)/b10-9+/t30-/m1/s1. The van der Waals surface area contributed by atoms with Crippen LogP contribution in [0.4, 0.5) is 5.69 Å². The van der Waals surface area contributed by atoms with Gasteiger partial charge in [-0.1, -0.05) is 18.2 Å². The maximum atomic E-state index is 13.2. The molecule has 2 saturated heterocycles. The maximum absolute atomic E-state index is 13.2. The number of nitrogens with zero attached hydrogens (tertiary/aromatic N) is 7. The molecule has 0 saturated carbocycles. The van der Waals surface area contributed by atoms with Crippen molar-refractivity contribution in [1.29, 1.82) is 5.26 Å². The van der Waals surface area contributed by atoms with Crippen LogP contribution in [-0.4, -0.2) is 73.0 Å². The molecule has 49 heavy (non-hydrogen) atoms. The number of likely N-dealkylation sites (tertiary alicyclic amines) is 2. The van der Waals surface area contributed by atoms with Crippen molar-refractivity contribution < 1.29 is 9.90 Å². The molecule has 10 nitrogen and oxygen atoms in total. The van der Waals surface area contributed by atoms with E-state index < -0.39 is 0 Å². The highest BCUT2D eigenvalue weighted by Crippen LogP contribution is 2.32.